The molecule has 0 spiro atoms. The van der Waals surface area contributed by atoms with Gasteiger partial charge in [0.05, 0.1) is 0 Å². The molecule has 0 unspecified atom stereocenters. The summed E-state index contributed by atoms with van der Waals surface area (Å²) in [5.74, 6) is -8.80. The van der Waals surface area contributed by atoms with Gasteiger partial charge in [0.2, 0.25) is 65.0 Å². The lowest BCUT2D eigenvalue weighted by Crippen LogP contribution is -2.61. The Morgan fingerprint density at radius 2 is 0.747 bits per heavy atom. The number of nitrogens with one attached hydrogen (secondary N) is 9. The first-order valence-corrected chi connectivity index (χ1v) is 31.2. The van der Waals surface area contributed by atoms with Crippen molar-refractivity contribution in [2.24, 2.45) is 35.1 Å². The van der Waals surface area contributed by atoms with E-state index in [9.17, 15) is 52.7 Å². The van der Waals surface area contributed by atoms with Crippen molar-refractivity contribution in [3.63, 3.8) is 0 Å². The summed E-state index contributed by atoms with van der Waals surface area (Å²) >= 11 is 0. The van der Waals surface area contributed by atoms with Crippen molar-refractivity contribution in [3.05, 3.63) is 71.8 Å². The molecule has 0 saturated carbocycles. The topological polar surface area (TPSA) is 355 Å². The van der Waals surface area contributed by atoms with Crippen molar-refractivity contribution in [2.75, 3.05) is 26.2 Å². The second-order valence-corrected chi connectivity index (χ2v) is 24.9. The minimum Gasteiger partial charge on any atom is -0.343 e. The van der Waals surface area contributed by atoms with E-state index in [2.05, 4.69) is 47.9 Å². The van der Waals surface area contributed by atoms with Crippen molar-refractivity contribution >= 4 is 65.0 Å². The number of carbonyl (C=O) groups is 11. The molecule has 3 saturated heterocycles. The van der Waals surface area contributed by atoms with Crippen LogP contribution in [-0.2, 0) is 65.6 Å². The van der Waals surface area contributed by atoms with Gasteiger partial charge in [0, 0.05) is 25.9 Å². The van der Waals surface area contributed by atoms with Crippen molar-refractivity contribution < 1.29 is 52.7 Å². The van der Waals surface area contributed by atoms with E-state index in [1.165, 1.54) is 16.7 Å². The molecule has 24 heteroatoms. The summed E-state index contributed by atoms with van der Waals surface area (Å²) in [6.07, 6.45) is 2.23. The molecule has 3 heterocycles. The summed E-state index contributed by atoms with van der Waals surface area (Å²) in [7, 11) is 0. The Bertz CT molecular complexity index is 2680. The van der Waals surface area contributed by atoms with Crippen molar-refractivity contribution in [3.8, 4) is 0 Å². The van der Waals surface area contributed by atoms with Crippen LogP contribution >= 0.6 is 0 Å². The Morgan fingerprint density at radius 1 is 0.414 bits per heavy atom. The molecule has 87 heavy (non-hydrogen) atoms. The van der Waals surface area contributed by atoms with Gasteiger partial charge >= 0.3 is 0 Å². The fourth-order valence-corrected chi connectivity index (χ4v) is 11.3. The predicted molar refractivity (Wildman–Crippen MR) is 328 cm³/mol. The quantitative estimate of drug-likeness (QED) is 0.111. The van der Waals surface area contributed by atoms with E-state index in [4.69, 9.17) is 11.5 Å². The lowest BCUT2D eigenvalue weighted by Gasteiger charge is -2.32. The predicted octanol–water partition coefficient (Wildman–Crippen LogP) is 0.732. The lowest BCUT2D eigenvalue weighted by molar-refractivity contribution is -0.143. The monoisotopic (exact) mass is 1210 g/mol. The third-order valence-electron chi connectivity index (χ3n) is 16.1. The maximum atomic E-state index is 14.9. The molecule has 2 aromatic rings. The zero-order chi connectivity index (χ0) is 64.1. The van der Waals surface area contributed by atoms with Crippen molar-refractivity contribution in [2.45, 2.75) is 206 Å². The van der Waals surface area contributed by atoms with E-state index in [1.54, 1.807) is 88.4 Å². The van der Waals surface area contributed by atoms with Gasteiger partial charge in [-0.25, -0.2) is 0 Å². The van der Waals surface area contributed by atoms with Crippen LogP contribution in [-0.4, -0.2) is 167 Å². The summed E-state index contributed by atoms with van der Waals surface area (Å²) in [6, 6.07) is 4.73. The van der Waals surface area contributed by atoms with Crippen LogP contribution in [0.3, 0.4) is 0 Å². The minimum atomic E-state index is -1.25. The largest absolute Gasteiger partial charge is 0.343 e. The number of carbonyl (C=O) groups excluding carboxylic acids is 11. The average molecular weight is 1210 g/mol. The van der Waals surface area contributed by atoms with Crippen LogP contribution < -0.4 is 59.3 Å². The van der Waals surface area contributed by atoms with Gasteiger partial charge in [0.25, 0.3) is 0 Å². The molecule has 24 nitrogen and oxygen atoms in total. The van der Waals surface area contributed by atoms with E-state index in [0.29, 0.717) is 24.0 Å². The van der Waals surface area contributed by atoms with Crippen LogP contribution in [0, 0.1) is 23.7 Å². The highest BCUT2D eigenvalue weighted by Gasteiger charge is 2.43. The first-order valence-electron chi connectivity index (χ1n) is 31.2. The average Bonchev–Trinajstić information content (AvgIpc) is 4.30. The SMILES string of the molecule is CC(C)C[C@@H]1NC(=O)[C@H](CCCN)NC(=O)[C@H](C(C)C)NC(=O)[C@@H]2CCCN2C(=O)[C@@H](Cc2ccccc2)NC(=O)[C@H](CC(C)C)NC(=O)[C@H](CCCN)NC(=O)[C@H](C)NC(=O)[C@H](C(C)C)NC(=O)[C@@H]2CCCN2C(=O)[C@@H](Cc2ccccc2)NC1=O. The zero-order valence-electron chi connectivity index (χ0n) is 52.3. The molecule has 2 aromatic carbocycles. The molecule has 0 radical (unpaired) electrons. The van der Waals surface area contributed by atoms with Gasteiger partial charge in [0.1, 0.15) is 66.5 Å². The van der Waals surface area contributed by atoms with E-state index in [-0.39, 0.29) is 102 Å². The van der Waals surface area contributed by atoms with Crippen molar-refractivity contribution in [1.29, 1.82) is 0 Å². The molecule has 3 aliphatic rings. The van der Waals surface area contributed by atoms with Gasteiger partial charge in [-0.3, -0.25) is 52.7 Å². The third kappa shape index (κ3) is 20.8. The molecule has 3 fully saturated rings. The van der Waals surface area contributed by atoms with Gasteiger partial charge in [-0.15, -0.1) is 0 Å². The van der Waals surface area contributed by atoms with Gasteiger partial charge < -0.3 is 69.1 Å². The molecule has 5 rings (SSSR count). The van der Waals surface area contributed by atoms with E-state index in [1.807, 2.05) is 27.7 Å². The van der Waals surface area contributed by atoms with Crippen LogP contribution in [0.5, 0.6) is 0 Å². The van der Waals surface area contributed by atoms with Gasteiger partial charge in [-0.05, 0) is 119 Å². The molecular formula is C63H97N13O11. The van der Waals surface area contributed by atoms with Crippen LogP contribution in [0.1, 0.15) is 138 Å². The number of amides is 11. The Kier molecular flexibility index (Phi) is 27.6. The molecule has 3 aliphatic heterocycles. The summed E-state index contributed by atoms with van der Waals surface area (Å²) in [6.45, 7) is 16.3. The highest BCUT2D eigenvalue weighted by Crippen LogP contribution is 2.24. The number of nitrogens with two attached hydrogens (primary N) is 2. The minimum absolute atomic E-state index is 0.00706. The van der Waals surface area contributed by atoms with E-state index < -0.39 is 143 Å². The van der Waals surface area contributed by atoms with Crippen LogP contribution in [0.4, 0.5) is 0 Å². The van der Waals surface area contributed by atoms with Gasteiger partial charge in [0.15, 0.2) is 0 Å². The summed E-state index contributed by atoms with van der Waals surface area (Å²) in [5.41, 5.74) is 13.2. The molecule has 11 atom stereocenters. The highest BCUT2D eigenvalue weighted by molar-refractivity contribution is 6.00. The Balaban J connectivity index is 1.57. The smallest absolute Gasteiger partial charge is 0.246 e. The number of fused-ring (bicyclic) bond motifs is 2. The van der Waals surface area contributed by atoms with Crippen LogP contribution in [0.15, 0.2) is 60.7 Å². The van der Waals surface area contributed by atoms with Crippen LogP contribution in [0.2, 0.25) is 0 Å². The fraction of sp³-hybridized carbons (Fsp3) is 0.635. The normalized spacial score (nSPS) is 26.9. The summed E-state index contributed by atoms with van der Waals surface area (Å²) in [5, 5.41) is 25.3. The first-order chi connectivity index (χ1) is 41.3. The first kappa shape index (κ1) is 70.3. The Morgan fingerprint density at radius 3 is 1.10 bits per heavy atom. The Labute approximate surface area is 512 Å². The van der Waals surface area contributed by atoms with E-state index in [0.717, 1.165) is 0 Å². The lowest BCUT2D eigenvalue weighted by atomic mass is 9.99. The van der Waals surface area contributed by atoms with Crippen LogP contribution in [0.25, 0.3) is 0 Å². The van der Waals surface area contributed by atoms with Gasteiger partial charge in [-0.1, -0.05) is 116 Å². The molecule has 13 N–H and O–H groups in total. The number of hydrogen-bond donors (Lipinski definition) is 11. The van der Waals surface area contributed by atoms with Gasteiger partial charge in [-0.2, -0.15) is 0 Å². The highest BCUT2D eigenvalue weighted by atomic mass is 16.2. The summed E-state index contributed by atoms with van der Waals surface area (Å²) < 4.78 is 0. The second-order valence-electron chi connectivity index (χ2n) is 24.9. The summed E-state index contributed by atoms with van der Waals surface area (Å²) in [4.78, 5) is 162. The second kappa shape index (κ2) is 34.2. The van der Waals surface area contributed by atoms with Crippen molar-refractivity contribution in [1.82, 2.24) is 57.7 Å². The maximum absolute atomic E-state index is 14.9. The molecule has 480 valence electrons. The number of benzene rings is 2. The molecule has 11 amide bonds. The standard InChI is InChI=1S/C63H97N13O11/c1-36(2)32-45-56(80)71-48(35-42-22-14-11-15-23-42)63(87)76-31-19-27-50(76)59(83)74-52(39(7)8)61(85)68-44(25-17-29-65)55(79)70-46(33-37(3)4)57(81)72-47(34-41-20-12-10-13-21-41)62(86)75-30-18-26-49(75)58(82)73-51(38(5)6)60(84)66-40(9)53(77)67-43(24-16-28-64)54(78)69-45/h10-15,20-23,36-40,43-52H,16-19,24-35,64-65H2,1-9H3,(H,66,84)(H,67,77)(H,68,85)(H,69,78)(H,70,79)(H,71,80)(H,72,81)(H,73,82)(H,74,83)/t40-,43-,44-,45-,46-,47+,48+,49-,50-,51-,52-/m0/s1. The zero-order valence-corrected chi connectivity index (χ0v) is 52.3. The number of rotatable bonds is 16. The third-order valence-corrected chi connectivity index (χ3v) is 16.1. The molecule has 0 aromatic heterocycles. The molecular weight excluding hydrogens is 1110 g/mol. The number of hydrogen-bond acceptors (Lipinski definition) is 13. The maximum Gasteiger partial charge on any atom is 0.246 e. The molecule has 0 aliphatic carbocycles. The fourth-order valence-electron chi connectivity index (χ4n) is 11.3. The van der Waals surface area contributed by atoms with E-state index >= 15 is 0 Å². The molecule has 0 bridgehead atoms. The number of nitrogens with zero attached hydrogens (tertiary/aromatic N) is 2. The Hall–Kier alpha value is -7.47.